The van der Waals surface area contributed by atoms with E-state index in [-0.39, 0.29) is 24.0 Å². The number of aromatic nitrogens is 2. The molecule has 10 unspecified atom stereocenters. The van der Waals surface area contributed by atoms with Gasteiger partial charge < -0.3 is 60.5 Å². The predicted molar refractivity (Wildman–Crippen MR) is 124 cm³/mol. The molecule has 0 aliphatic carbocycles. The summed E-state index contributed by atoms with van der Waals surface area (Å²) >= 11 is 0. The molecule has 0 aromatic carbocycles. The van der Waals surface area contributed by atoms with Crippen molar-refractivity contribution in [3.63, 3.8) is 0 Å². The van der Waals surface area contributed by atoms with E-state index in [1.54, 1.807) is 0 Å². The molecule has 1 aromatic heterocycles. The average molecular weight is 641 g/mol. The highest BCUT2D eigenvalue weighted by molar-refractivity contribution is 7.61. The maximum absolute atomic E-state index is 12.3. The zero-order valence-corrected chi connectivity index (χ0v) is 22.5. The summed E-state index contributed by atoms with van der Waals surface area (Å²) in [5.74, 6) is 0.227. The van der Waals surface area contributed by atoms with Gasteiger partial charge in [-0.15, -0.1) is 0 Å². The lowest BCUT2D eigenvalue weighted by Crippen LogP contribution is -2.35. The Labute approximate surface area is 223 Å². The first-order valence-electron chi connectivity index (χ1n) is 11.0. The zero-order valence-electron chi connectivity index (χ0n) is 19.8. The van der Waals surface area contributed by atoms with Crippen LogP contribution < -0.4 is 11.1 Å². The molecule has 22 nitrogen and oxygen atoms in total. The summed E-state index contributed by atoms with van der Waals surface area (Å²) in [7, 11) is -16.1. The molecule has 0 bridgehead atoms. The fourth-order valence-corrected chi connectivity index (χ4v) is 6.56. The number of ether oxygens (including phenoxy) is 2. The van der Waals surface area contributed by atoms with E-state index in [0.29, 0.717) is 0 Å². The standard InChI is InChI=1S/C15H26N5O17P3/c16-12-7-13(18-3-17-12)20(4-19-7)14-11(36-38(25,26)27)9(22)6(34-14)2-33-40(30,31)37-39(28,29)32-1-5-8(21)10(23)15(24)35-5/h4-6,8-11,14-15,18,21-24H,1-3H2,(H2,16,17)(H,28,29)(H,30,31)(H2,25,26,27). The summed E-state index contributed by atoms with van der Waals surface area (Å²) in [4.78, 5) is 46.2. The van der Waals surface area contributed by atoms with Gasteiger partial charge in [-0.25, -0.2) is 23.7 Å². The van der Waals surface area contributed by atoms with Crippen LogP contribution in [0.3, 0.4) is 0 Å². The minimum atomic E-state index is -5.45. The molecular weight excluding hydrogens is 615 g/mol. The summed E-state index contributed by atoms with van der Waals surface area (Å²) < 4.78 is 65.3. The van der Waals surface area contributed by atoms with Crippen LogP contribution in [0.4, 0.5) is 5.82 Å². The second-order valence-electron chi connectivity index (χ2n) is 8.50. The number of fused-ring (bicyclic) bond motifs is 1. The van der Waals surface area contributed by atoms with Crippen molar-refractivity contribution in [2.75, 3.05) is 25.2 Å². The lowest BCUT2D eigenvalue weighted by molar-refractivity contribution is -0.132. The van der Waals surface area contributed by atoms with E-state index in [1.807, 2.05) is 0 Å². The van der Waals surface area contributed by atoms with Crippen LogP contribution in [-0.2, 0) is 41.1 Å². The van der Waals surface area contributed by atoms with E-state index < -0.39 is 85.8 Å². The zero-order chi connectivity index (χ0) is 29.6. The second kappa shape index (κ2) is 11.7. The van der Waals surface area contributed by atoms with Crippen LogP contribution in [0.5, 0.6) is 0 Å². The molecule has 4 heterocycles. The number of nitrogens with two attached hydrogens (primary N) is 1. The SMILES string of the molecule is NC1=NCNc2c1ncn2C1OC(COP(=O)(O)OP(=O)(O)OCC2OC(O)C(O)C2O)C(O)C1OP(=O)(O)O. The van der Waals surface area contributed by atoms with Gasteiger partial charge >= 0.3 is 23.5 Å². The predicted octanol–water partition coefficient (Wildman–Crippen LogP) is -3.60. The number of hydrogen-bond donors (Lipinski definition) is 10. The quantitative estimate of drug-likeness (QED) is 0.104. The van der Waals surface area contributed by atoms with Crippen molar-refractivity contribution >= 4 is 35.1 Å². The Balaban J connectivity index is 1.41. The molecule has 0 spiro atoms. The Hall–Kier alpha value is -1.39. The van der Waals surface area contributed by atoms with Gasteiger partial charge in [0.25, 0.3) is 0 Å². The topological polar surface area (TPSA) is 337 Å². The minimum absolute atomic E-state index is 0.0116. The largest absolute Gasteiger partial charge is 0.481 e. The van der Waals surface area contributed by atoms with E-state index in [0.717, 1.165) is 6.33 Å². The molecule has 40 heavy (non-hydrogen) atoms. The molecule has 3 aliphatic rings. The molecule has 1 aromatic rings. The maximum atomic E-state index is 12.3. The van der Waals surface area contributed by atoms with Crippen LogP contribution in [0.2, 0.25) is 0 Å². The number of phosphoric acid groups is 3. The Kier molecular flexibility index (Phi) is 9.23. The van der Waals surface area contributed by atoms with E-state index in [2.05, 4.69) is 33.2 Å². The van der Waals surface area contributed by atoms with Crippen molar-refractivity contribution in [1.29, 1.82) is 0 Å². The second-order valence-corrected chi connectivity index (χ2v) is 12.7. The van der Waals surface area contributed by atoms with E-state index in [4.69, 9.17) is 15.2 Å². The van der Waals surface area contributed by atoms with Crippen molar-refractivity contribution in [3.8, 4) is 0 Å². The molecule has 0 saturated carbocycles. The van der Waals surface area contributed by atoms with Crippen LogP contribution in [0, 0.1) is 0 Å². The molecule has 10 atom stereocenters. The highest BCUT2D eigenvalue weighted by atomic mass is 31.3. The van der Waals surface area contributed by atoms with Gasteiger partial charge in [-0.05, 0) is 0 Å². The Morgan fingerprint density at radius 2 is 1.57 bits per heavy atom. The number of phosphoric ester groups is 3. The molecule has 0 amide bonds. The molecule has 228 valence electrons. The number of nitrogens with one attached hydrogen (secondary N) is 1. The smallest absolute Gasteiger partial charge is 0.387 e. The van der Waals surface area contributed by atoms with Gasteiger partial charge in [-0.3, -0.25) is 18.1 Å². The number of nitrogens with zero attached hydrogens (tertiary/aromatic N) is 3. The Bertz CT molecular complexity index is 1260. The fraction of sp³-hybridized carbons (Fsp3) is 0.733. The average Bonchev–Trinajstić information content (AvgIpc) is 3.47. The van der Waals surface area contributed by atoms with Crippen molar-refractivity contribution < 1.29 is 81.1 Å². The van der Waals surface area contributed by atoms with Gasteiger partial charge in [-0.2, -0.15) is 4.31 Å². The van der Waals surface area contributed by atoms with Gasteiger partial charge in [0.1, 0.15) is 60.6 Å². The number of amidine groups is 1. The van der Waals surface area contributed by atoms with Crippen molar-refractivity contribution in [2.45, 2.75) is 49.1 Å². The Morgan fingerprint density at radius 3 is 2.12 bits per heavy atom. The fourth-order valence-electron chi connectivity index (χ4n) is 3.92. The number of aliphatic imine (C=N–C) groups is 1. The molecule has 4 rings (SSSR count). The first-order chi connectivity index (χ1) is 18.5. The van der Waals surface area contributed by atoms with Crippen molar-refractivity contribution in [1.82, 2.24) is 9.55 Å². The molecule has 11 N–H and O–H groups in total. The van der Waals surface area contributed by atoms with Crippen molar-refractivity contribution in [3.05, 3.63) is 12.0 Å². The number of aliphatic hydroxyl groups is 4. The number of imidazole rings is 1. The number of anilines is 1. The van der Waals surface area contributed by atoms with Gasteiger partial charge in [0.15, 0.2) is 12.5 Å². The third-order valence-corrected chi connectivity index (χ3v) is 8.85. The normalized spacial score (nSPS) is 35.5. The van der Waals surface area contributed by atoms with E-state index in [1.165, 1.54) is 4.57 Å². The van der Waals surface area contributed by atoms with Crippen molar-refractivity contribution in [2.24, 2.45) is 10.7 Å². The molecule has 0 radical (unpaired) electrons. The molecular formula is C15H26N5O17P3. The Morgan fingerprint density at radius 1 is 0.975 bits per heavy atom. The van der Waals surface area contributed by atoms with Crippen LogP contribution in [0.25, 0.3) is 0 Å². The summed E-state index contributed by atoms with van der Waals surface area (Å²) in [6, 6.07) is 0. The molecule has 25 heteroatoms. The van der Waals surface area contributed by atoms with Gasteiger partial charge in [0.05, 0.1) is 19.5 Å². The van der Waals surface area contributed by atoms with Crippen LogP contribution in [-0.4, -0.2) is 118 Å². The highest BCUT2D eigenvalue weighted by Crippen LogP contribution is 2.61. The van der Waals surface area contributed by atoms with Gasteiger partial charge in [-0.1, -0.05) is 0 Å². The molecule has 2 saturated heterocycles. The first-order valence-corrected chi connectivity index (χ1v) is 15.5. The van der Waals surface area contributed by atoms with Gasteiger partial charge in [0.2, 0.25) is 0 Å². The number of aliphatic hydroxyl groups excluding tert-OH is 4. The van der Waals surface area contributed by atoms with Crippen LogP contribution >= 0.6 is 23.5 Å². The van der Waals surface area contributed by atoms with Crippen LogP contribution in [0.1, 0.15) is 11.9 Å². The summed E-state index contributed by atoms with van der Waals surface area (Å²) in [6.07, 6.45) is -12.4. The van der Waals surface area contributed by atoms with E-state index >= 15 is 0 Å². The third-order valence-electron chi connectivity index (χ3n) is 5.73. The maximum Gasteiger partial charge on any atom is 0.481 e. The monoisotopic (exact) mass is 641 g/mol. The lowest BCUT2D eigenvalue weighted by Gasteiger charge is -2.24. The first kappa shape index (κ1) is 31.5. The van der Waals surface area contributed by atoms with Crippen LogP contribution in [0.15, 0.2) is 11.3 Å². The summed E-state index contributed by atoms with van der Waals surface area (Å²) in [6.45, 7) is -1.99. The number of rotatable bonds is 11. The minimum Gasteiger partial charge on any atom is -0.387 e. The lowest BCUT2D eigenvalue weighted by atomic mass is 10.1. The summed E-state index contributed by atoms with van der Waals surface area (Å²) in [5, 5.41) is 41.9. The van der Waals surface area contributed by atoms with Gasteiger partial charge in [0, 0.05) is 0 Å². The number of hydrogen-bond acceptors (Lipinski definition) is 17. The van der Waals surface area contributed by atoms with E-state index in [9.17, 15) is 53.7 Å². The summed E-state index contributed by atoms with van der Waals surface area (Å²) in [5.41, 5.74) is 5.93. The third kappa shape index (κ3) is 7.14. The molecule has 2 fully saturated rings. The molecule has 3 aliphatic heterocycles. The highest BCUT2D eigenvalue weighted by Gasteiger charge is 2.50.